The van der Waals surface area contributed by atoms with Crippen LogP contribution in [0.2, 0.25) is 0 Å². The van der Waals surface area contributed by atoms with Gasteiger partial charge >= 0.3 is 18.9 Å². The van der Waals surface area contributed by atoms with Crippen molar-refractivity contribution in [3.8, 4) is 0 Å². The zero-order valence-corrected chi connectivity index (χ0v) is 19.5. The Balaban J connectivity index is 0.00000300. The Morgan fingerprint density at radius 3 is 2.52 bits per heavy atom. The predicted octanol–water partition coefficient (Wildman–Crippen LogP) is 3.69. The van der Waals surface area contributed by atoms with Gasteiger partial charge in [0.25, 0.3) is 5.69 Å². The van der Waals surface area contributed by atoms with Crippen molar-refractivity contribution in [3.63, 3.8) is 0 Å². The summed E-state index contributed by atoms with van der Waals surface area (Å²) in [5, 5.41) is 11.3. The number of non-ortho nitro benzene ring substituents is 1. The molecule has 0 heterocycles. The molecular formula is C22H33LiN2O3S. The number of hydrogen-bond acceptors (Lipinski definition) is 4. The van der Waals surface area contributed by atoms with Gasteiger partial charge in [-0.05, 0) is 24.2 Å². The van der Waals surface area contributed by atoms with Crippen molar-refractivity contribution in [2.75, 3.05) is 7.11 Å². The van der Waals surface area contributed by atoms with E-state index in [0.717, 1.165) is 24.8 Å². The topological polar surface area (TPSA) is 66.5 Å². The van der Waals surface area contributed by atoms with E-state index < -0.39 is 0 Å². The maximum absolute atomic E-state index is 11.0. The average Bonchev–Trinajstić information content (AvgIpc) is 2.99. The molecule has 0 spiro atoms. The summed E-state index contributed by atoms with van der Waals surface area (Å²) in [5.41, 5.74) is 1.65. The standard InChI is InChI=1S/C22H33N2O3S.Li/c1-6-7-8-18(15-9-11-16(12-10-15)24(25)26)23-28-19-17-13-14-22(4,20(19)27-5)21(17,2)3;/h9-12,17-20H,6-8,13-14H2,1-5H3;/q-1;+1/t17-,18?,19?,20?,22+;/m1./s1. The van der Waals surface area contributed by atoms with Crippen molar-refractivity contribution in [2.24, 2.45) is 16.7 Å². The number of rotatable bonds is 9. The van der Waals surface area contributed by atoms with E-state index in [-0.39, 0.29) is 52.4 Å². The first-order valence-electron chi connectivity index (χ1n) is 10.4. The van der Waals surface area contributed by atoms with Gasteiger partial charge in [0.15, 0.2) is 0 Å². The van der Waals surface area contributed by atoms with E-state index >= 15 is 0 Å². The van der Waals surface area contributed by atoms with Gasteiger partial charge in [-0.15, -0.1) is 6.04 Å². The molecule has 1 aromatic carbocycles. The van der Waals surface area contributed by atoms with Crippen LogP contribution in [0.5, 0.6) is 0 Å². The van der Waals surface area contributed by atoms with Gasteiger partial charge in [-0.2, -0.15) is 0 Å². The first-order valence-corrected chi connectivity index (χ1v) is 11.2. The minimum absolute atomic E-state index is 0. The molecule has 29 heavy (non-hydrogen) atoms. The van der Waals surface area contributed by atoms with E-state index in [2.05, 4.69) is 27.7 Å². The molecule has 7 heteroatoms. The molecule has 0 radical (unpaired) electrons. The molecule has 1 aromatic rings. The molecule has 3 rings (SSSR count). The second kappa shape index (κ2) is 9.74. The summed E-state index contributed by atoms with van der Waals surface area (Å²) < 4.78 is 11.1. The number of hydrogen-bond donors (Lipinski definition) is 0. The fourth-order valence-electron chi connectivity index (χ4n) is 5.38. The molecule has 156 valence electrons. The summed E-state index contributed by atoms with van der Waals surface area (Å²) in [7, 11) is 1.84. The molecule has 5 atom stereocenters. The molecule has 2 saturated carbocycles. The second-order valence-electron chi connectivity index (χ2n) is 9.12. The summed E-state index contributed by atoms with van der Waals surface area (Å²) in [6.45, 7) is 9.34. The summed E-state index contributed by atoms with van der Waals surface area (Å²) in [4.78, 5) is 10.6. The van der Waals surface area contributed by atoms with Crippen molar-refractivity contribution in [2.45, 2.75) is 77.2 Å². The van der Waals surface area contributed by atoms with E-state index in [1.165, 1.54) is 12.8 Å². The minimum atomic E-state index is -0.349. The first-order chi connectivity index (χ1) is 13.3. The maximum Gasteiger partial charge on any atom is 1.00 e. The molecule has 0 amide bonds. The van der Waals surface area contributed by atoms with Gasteiger partial charge in [-0.1, -0.05) is 64.7 Å². The third kappa shape index (κ3) is 4.43. The second-order valence-corrected chi connectivity index (χ2v) is 10.1. The number of fused-ring (bicyclic) bond motifs is 2. The monoisotopic (exact) mass is 412 g/mol. The molecule has 2 bridgehead atoms. The van der Waals surface area contributed by atoms with Gasteiger partial charge in [-0.3, -0.25) is 22.1 Å². The molecule has 2 fully saturated rings. The molecule has 2 aliphatic rings. The van der Waals surface area contributed by atoms with Crippen molar-refractivity contribution >= 4 is 17.6 Å². The van der Waals surface area contributed by atoms with Crippen molar-refractivity contribution in [1.29, 1.82) is 0 Å². The Kier molecular flexibility index (Phi) is 8.32. The number of nitro groups is 1. The van der Waals surface area contributed by atoms with Gasteiger partial charge < -0.3 is 9.46 Å². The predicted molar refractivity (Wildman–Crippen MR) is 116 cm³/mol. The Hall–Kier alpha value is -0.513. The van der Waals surface area contributed by atoms with E-state index in [1.807, 2.05) is 19.2 Å². The van der Waals surface area contributed by atoms with Crippen LogP contribution in [0.25, 0.3) is 4.72 Å². The van der Waals surface area contributed by atoms with Crippen LogP contribution < -0.4 is 18.9 Å². The maximum atomic E-state index is 11.0. The van der Waals surface area contributed by atoms with Gasteiger partial charge in [0.1, 0.15) is 0 Å². The zero-order chi connectivity index (χ0) is 20.5. The SMILES string of the molecule is CCCCC([N-]SC1C(OC)[C@]2(C)CC[C@H]1C2(C)C)c1ccc([N+](=O)[O-])cc1.[Li+]. The summed E-state index contributed by atoms with van der Waals surface area (Å²) >= 11 is 1.71. The molecule has 0 saturated heterocycles. The van der Waals surface area contributed by atoms with Crippen LogP contribution in [0, 0.1) is 26.9 Å². The van der Waals surface area contributed by atoms with Gasteiger partial charge in [0, 0.05) is 29.9 Å². The Morgan fingerprint density at radius 2 is 1.97 bits per heavy atom. The molecule has 0 aliphatic heterocycles. The van der Waals surface area contributed by atoms with Crippen LogP contribution in [0.1, 0.15) is 71.4 Å². The number of nitrogens with zero attached hydrogens (tertiary/aromatic N) is 2. The number of nitro benzene ring substituents is 1. The van der Waals surface area contributed by atoms with Crippen LogP contribution >= 0.6 is 11.9 Å². The Bertz CT molecular complexity index is 700. The number of ether oxygens (including phenoxy) is 1. The van der Waals surface area contributed by atoms with Gasteiger partial charge in [-0.25, -0.2) is 0 Å². The molecule has 0 aromatic heterocycles. The first kappa shape index (κ1) is 24.8. The van der Waals surface area contributed by atoms with Crippen molar-refractivity contribution < 1.29 is 28.5 Å². The number of benzene rings is 1. The summed E-state index contributed by atoms with van der Waals surface area (Å²) in [6.07, 6.45) is 5.86. The third-order valence-corrected chi connectivity index (χ3v) is 8.78. The van der Waals surface area contributed by atoms with Crippen LogP contribution in [-0.2, 0) is 4.74 Å². The van der Waals surface area contributed by atoms with Crippen LogP contribution in [0.15, 0.2) is 24.3 Å². The molecule has 5 nitrogen and oxygen atoms in total. The van der Waals surface area contributed by atoms with Gasteiger partial charge in [0.2, 0.25) is 0 Å². The third-order valence-electron chi connectivity index (χ3n) is 7.58. The smallest absolute Gasteiger partial charge is 0.599 e. The Morgan fingerprint density at radius 1 is 1.31 bits per heavy atom. The molecule has 0 N–H and O–H groups in total. The fourth-order valence-corrected chi connectivity index (χ4v) is 7.04. The van der Waals surface area contributed by atoms with Crippen molar-refractivity contribution in [1.82, 2.24) is 0 Å². The summed E-state index contributed by atoms with van der Waals surface area (Å²) in [5.74, 6) is 0.611. The van der Waals surface area contributed by atoms with Crippen LogP contribution in [0.4, 0.5) is 5.69 Å². The summed E-state index contributed by atoms with van der Waals surface area (Å²) in [6, 6.07) is 6.98. The van der Waals surface area contributed by atoms with E-state index in [0.29, 0.717) is 11.2 Å². The quantitative estimate of drug-likeness (QED) is 0.269. The van der Waals surface area contributed by atoms with E-state index in [1.54, 1.807) is 24.1 Å². The zero-order valence-electron chi connectivity index (χ0n) is 18.7. The number of methoxy groups -OCH3 is 1. The fraction of sp³-hybridized carbons (Fsp3) is 0.727. The molecule has 3 unspecified atom stereocenters. The van der Waals surface area contributed by atoms with Crippen molar-refractivity contribution in [3.05, 3.63) is 44.7 Å². The molecular weight excluding hydrogens is 379 g/mol. The number of unbranched alkanes of at least 4 members (excludes halogenated alkanes) is 1. The largest absolute Gasteiger partial charge is 1.00 e. The average molecular weight is 413 g/mol. The van der Waals surface area contributed by atoms with Gasteiger partial charge in [0.05, 0.1) is 11.0 Å². The van der Waals surface area contributed by atoms with Crippen LogP contribution in [-0.4, -0.2) is 23.4 Å². The molecule has 2 aliphatic carbocycles. The van der Waals surface area contributed by atoms with E-state index in [9.17, 15) is 10.1 Å². The minimum Gasteiger partial charge on any atom is -0.599 e. The normalized spacial score (nSPS) is 30.7. The Labute approximate surface area is 191 Å². The van der Waals surface area contributed by atoms with E-state index in [4.69, 9.17) is 9.46 Å². The van der Waals surface area contributed by atoms with Crippen LogP contribution in [0.3, 0.4) is 0 Å².